The number of aryl methyl sites for hydroxylation is 2. The average Bonchev–Trinajstić information content (AvgIpc) is 2.89. The highest BCUT2D eigenvalue weighted by atomic mass is 16.5. The number of rotatable bonds is 9. The zero-order chi connectivity index (χ0) is 18.8. The van der Waals surface area contributed by atoms with E-state index in [9.17, 15) is 0 Å². The van der Waals surface area contributed by atoms with Crippen molar-refractivity contribution in [1.82, 2.24) is 20.4 Å². The van der Waals surface area contributed by atoms with E-state index in [1.807, 2.05) is 24.7 Å². The minimum Gasteiger partial charge on any atom is -0.381 e. The average molecular weight is 358 g/mol. The van der Waals surface area contributed by atoms with E-state index in [1.165, 1.54) is 16.8 Å². The van der Waals surface area contributed by atoms with Gasteiger partial charge in [-0.3, -0.25) is 9.67 Å². The highest BCUT2D eigenvalue weighted by Crippen LogP contribution is 2.10. The molecule has 2 N–H and O–H groups in total. The summed E-state index contributed by atoms with van der Waals surface area (Å²) >= 11 is 0. The van der Waals surface area contributed by atoms with Gasteiger partial charge in [-0.1, -0.05) is 30.3 Å². The molecule has 2 rings (SSSR count). The summed E-state index contributed by atoms with van der Waals surface area (Å²) in [5, 5.41) is 11.1. The largest absolute Gasteiger partial charge is 0.381 e. The number of aliphatic imine (C=N–C) groups is 1. The molecule has 0 atom stereocenters. The van der Waals surface area contributed by atoms with Crippen LogP contribution in [0.3, 0.4) is 0 Å². The molecule has 0 amide bonds. The Balaban J connectivity index is 1.59. The molecule has 1 aromatic carbocycles. The zero-order valence-electron chi connectivity index (χ0n) is 16.4. The summed E-state index contributed by atoms with van der Waals surface area (Å²) in [6.45, 7) is 7.18. The molecule has 0 aliphatic rings. The van der Waals surface area contributed by atoms with Gasteiger partial charge in [-0.25, -0.2) is 0 Å². The molecule has 1 aromatic heterocycles. The second-order valence-corrected chi connectivity index (χ2v) is 6.33. The molecule has 1 heterocycles. The van der Waals surface area contributed by atoms with Crippen LogP contribution < -0.4 is 10.6 Å². The first kappa shape index (κ1) is 20.0. The van der Waals surface area contributed by atoms with Gasteiger partial charge in [0.25, 0.3) is 0 Å². The van der Waals surface area contributed by atoms with Gasteiger partial charge in [0, 0.05) is 45.0 Å². The third-order valence-corrected chi connectivity index (χ3v) is 4.45. The molecule has 0 radical (unpaired) electrons. The molecule has 142 valence electrons. The summed E-state index contributed by atoms with van der Waals surface area (Å²) in [7, 11) is 3.76. The lowest BCUT2D eigenvalue weighted by Gasteiger charge is -2.12. The number of guanidine groups is 1. The summed E-state index contributed by atoms with van der Waals surface area (Å²) in [5.41, 5.74) is 4.77. The van der Waals surface area contributed by atoms with Gasteiger partial charge in [0.2, 0.25) is 0 Å². The Morgan fingerprint density at radius 1 is 1.15 bits per heavy atom. The second-order valence-electron chi connectivity index (χ2n) is 6.33. The van der Waals surface area contributed by atoms with Crippen molar-refractivity contribution >= 4 is 5.96 Å². The molecule has 0 aliphatic carbocycles. The van der Waals surface area contributed by atoms with E-state index in [4.69, 9.17) is 4.74 Å². The van der Waals surface area contributed by atoms with Gasteiger partial charge in [0.05, 0.1) is 12.3 Å². The summed E-state index contributed by atoms with van der Waals surface area (Å²) in [4.78, 5) is 4.27. The normalized spacial score (nSPS) is 11.6. The molecule has 0 spiro atoms. The molecular weight excluding hydrogens is 326 g/mol. The maximum Gasteiger partial charge on any atom is 0.191 e. The fraction of sp³-hybridized carbons (Fsp3) is 0.500. The Labute approximate surface area is 156 Å². The number of ether oxygens (including phenoxy) is 1. The van der Waals surface area contributed by atoms with Crippen LogP contribution in [-0.4, -0.2) is 42.5 Å². The number of benzene rings is 1. The summed E-state index contributed by atoms with van der Waals surface area (Å²) < 4.78 is 7.62. The Kier molecular flexibility index (Phi) is 8.15. The highest BCUT2D eigenvalue weighted by Gasteiger charge is 2.09. The van der Waals surface area contributed by atoms with Crippen LogP contribution in [0.25, 0.3) is 0 Å². The number of aromatic nitrogens is 2. The third kappa shape index (κ3) is 6.19. The molecule has 0 fully saturated rings. The van der Waals surface area contributed by atoms with Crippen molar-refractivity contribution in [3.63, 3.8) is 0 Å². The molecule has 0 saturated heterocycles. The molecule has 0 bridgehead atoms. The van der Waals surface area contributed by atoms with Crippen molar-refractivity contribution in [2.75, 3.05) is 26.8 Å². The van der Waals surface area contributed by atoms with E-state index in [1.54, 1.807) is 7.05 Å². The van der Waals surface area contributed by atoms with E-state index in [0.717, 1.165) is 50.8 Å². The highest BCUT2D eigenvalue weighted by molar-refractivity contribution is 5.79. The zero-order valence-corrected chi connectivity index (χ0v) is 16.4. The van der Waals surface area contributed by atoms with Gasteiger partial charge in [-0.05, 0) is 32.3 Å². The van der Waals surface area contributed by atoms with Gasteiger partial charge in [0.15, 0.2) is 5.96 Å². The molecule has 0 saturated carbocycles. The second kappa shape index (κ2) is 10.6. The first-order valence-electron chi connectivity index (χ1n) is 9.17. The lowest BCUT2D eigenvalue weighted by Crippen LogP contribution is -2.37. The lowest BCUT2D eigenvalue weighted by molar-refractivity contribution is 0.135. The molecule has 0 aliphatic heterocycles. The maximum atomic E-state index is 5.71. The Bertz CT molecular complexity index is 694. The van der Waals surface area contributed by atoms with Crippen molar-refractivity contribution in [3.8, 4) is 0 Å². The minimum atomic E-state index is 0.721. The first-order valence-corrected chi connectivity index (χ1v) is 9.17. The fourth-order valence-corrected chi connectivity index (χ4v) is 2.78. The van der Waals surface area contributed by atoms with Crippen molar-refractivity contribution in [3.05, 3.63) is 52.8 Å². The summed E-state index contributed by atoms with van der Waals surface area (Å²) in [6.07, 6.45) is 1.90. The predicted octanol–water partition coefficient (Wildman–Crippen LogP) is 2.35. The van der Waals surface area contributed by atoms with E-state index in [-0.39, 0.29) is 0 Å². The van der Waals surface area contributed by atoms with Crippen molar-refractivity contribution in [1.29, 1.82) is 0 Å². The summed E-state index contributed by atoms with van der Waals surface area (Å²) in [5.74, 6) is 0.803. The van der Waals surface area contributed by atoms with Crippen LogP contribution in [0.5, 0.6) is 0 Å². The van der Waals surface area contributed by atoms with Gasteiger partial charge in [-0.2, -0.15) is 5.10 Å². The maximum absolute atomic E-state index is 5.71. The van der Waals surface area contributed by atoms with E-state index in [0.29, 0.717) is 0 Å². The van der Waals surface area contributed by atoms with E-state index >= 15 is 0 Å². The van der Waals surface area contributed by atoms with Crippen LogP contribution in [-0.2, 0) is 24.8 Å². The quantitative estimate of drug-likeness (QED) is 0.411. The van der Waals surface area contributed by atoms with Crippen molar-refractivity contribution < 1.29 is 4.74 Å². The van der Waals surface area contributed by atoms with E-state index < -0.39 is 0 Å². The smallest absolute Gasteiger partial charge is 0.191 e. The number of hydrogen-bond donors (Lipinski definition) is 2. The van der Waals surface area contributed by atoms with Crippen LogP contribution >= 0.6 is 0 Å². The Hall–Kier alpha value is -2.34. The van der Waals surface area contributed by atoms with Crippen LogP contribution in [0.4, 0.5) is 0 Å². The Morgan fingerprint density at radius 2 is 1.92 bits per heavy atom. The minimum absolute atomic E-state index is 0.721. The molecule has 6 nitrogen and oxygen atoms in total. The SMILES string of the molecule is CN=C(NCCCOCCc1ccccc1)NCc1c(C)nn(C)c1C. The van der Waals surface area contributed by atoms with Gasteiger partial charge in [0.1, 0.15) is 0 Å². The number of hydrogen-bond acceptors (Lipinski definition) is 3. The molecule has 0 unspecified atom stereocenters. The van der Waals surface area contributed by atoms with Crippen LogP contribution in [0.15, 0.2) is 35.3 Å². The molecular formula is C20H31N5O. The predicted molar refractivity (Wildman–Crippen MR) is 106 cm³/mol. The van der Waals surface area contributed by atoms with E-state index in [2.05, 4.69) is 51.9 Å². The Morgan fingerprint density at radius 3 is 2.58 bits per heavy atom. The number of nitrogens with one attached hydrogen (secondary N) is 2. The van der Waals surface area contributed by atoms with Crippen LogP contribution in [0.2, 0.25) is 0 Å². The lowest BCUT2D eigenvalue weighted by atomic mass is 10.2. The molecule has 2 aromatic rings. The first-order chi connectivity index (χ1) is 12.6. The van der Waals surface area contributed by atoms with Gasteiger partial charge >= 0.3 is 0 Å². The monoisotopic (exact) mass is 357 g/mol. The van der Waals surface area contributed by atoms with Crippen LogP contribution in [0, 0.1) is 13.8 Å². The van der Waals surface area contributed by atoms with Crippen LogP contribution in [0.1, 0.15) is 28.9 Å². The van der Waals surface area contributed by atoms with Gasteiger partial charge in [-0.15, -0.1) is 0 Å². The topological polar surface area (TPSA) is 63.5 Å². The fourth-order valence-electron chi connectivity index (χ4n) is 2.78. The molecule has 6 heteroatoms. The standard InChI is InChI=1S/C20H31N5O/c1-16-19(17(2)25(4)24-16)15-23-20(21-3)22-12-8-13-26-14-11-18-9-6-5-7-10-18/h5-7,9-10H,8,11-15H2,1-4H3,(H2,21,22,23). The van der Waals surface area contributed by atoms with Crippen molar-refractivity contribution in [2.24, 2.45) is 12.0 Å². The molecule has 26 heavy (non-hydrogen) atoms. The van der Waals surface area contributed by atoms with Crippen molar-refractivity contribution in [2.45, 2.75) is 33.2 Å². The third-order valence-electron chi connectivity index (χ3n) is 4.45. The van der Waals surface area contributed by atoms with Gasteiger partial charge < -0.3 is 15.4 Å². The number of nitrogens with zero attached hydrogens (tertiary/aromatic N) is 3. The summed E-state index contributed by atoms with van der Waals surface area (Å²) in [6, 6.07) is 10.4.